The first-order valence-corrected chi connectivity index (χ1v) is 7.63. The third-order valence-electron chi connectivity index (χ3n) is 3.27. The zero-order valence-electron chi connectivity index (χ0n) is 12.1. The van der Waals surface area contributed by atoms with Gasteiger partial charge in [0.25, 0.3) is 0 Å². The van der Waals surface area contributed by atoms with Crippen LogP contribution in [0.1, 0.15) is 36.6 Å². The molecule has 20 heavy (non-hydrogen) atoms. The molecule has 106 valence electrons. The molecule has 2 rings (SSSR count). The molecule has 0 aliphatic carbocycles. The van der Waals surface area contributed by atoms with E-state index >= 15 is 0 Å². The van der Waals surface area contributed by atoms with E-state index in [0.717, 1.165) is 12.2 Å². The molecule has 0 saturated carbocycles. The van der Waals surface area contributed by atoms with Crippen molar-refractivity contribution in [3.05, 3.63) is 51.7 Å². The summed E-state index contributed by atoms with van der Waals surface area (Å²) >= 11 is 1.74. The molecular formula is C16H20N2OS. The summed E-state index contributed by atoms with van der Waals surface area (Å²) in [5, 5.41) is 10.7. The number of carbonyl (C=O) groups is 1. The lowest BCUT2D eigenvalue weighted by Gasteiger charge is -2.15. The number of hydrogen-bond donors (Lipinski definition) is 2. The second-order valence-corrected chi connectivity index (χ2v) is 5.73. The molecule has 0 spiro atoms. The van der Waals surface area contributed by atoms with Gasteiger partial charge in [-0.2, -0.15) is 11.3 Å². The van der Waals surface area contributed by atoms with Crippen molar-refractivity contribution in [1.29, 1.82) is 0 Å². The Hall–Kier alpha value is -1.65. The van der Waals surface area contributed by atoms with Gasteiger partial charge in [-0.3, -0.25) is 4.79 Å². The highest BCUT2D eigenvalue weighted by Gasteiger charge is 2.07. The molecule has 0 aliphatic rings. The first-order chi connectivity index (χ1) is 9.56. The monoisotopic (exact) mass is 288 g/mol. The van der Waals surface area contributed by atoms with Crippen molar-refractivity contribution in [2.75, 3.05) is 5.32 Å². The molecule has 0 radical (unpaired) electrons. The predicted molar refractivity (Wildman–Crippen MR) is 85.1 cm³/mol. The predicted octanol–water partition coefficient (Wildman–Crippen LogP) is 3.87. The van der Waals surface area contributed by atoms with E-state index in [-0.39, 0.29) is 11.9 Å². The molecule has 0 saturated heterocycles. The van der Waals surface area contributed by atoms with Crippen LogP contribution >= 0.6 is 11.3 Å². The minimum Gasteiger partial charge on any atom is -0.326 e. The Morgan fingerprint density at radius 1 is 1.35 bits per heavy atom. The van der Waals surface area contributed by atoms with Crippen LogP contribution in [0.25, 0.3) is 0 Å². The van der Waals surface area contributed by atoms with Gasteiger partial charge in [-0.15, -0.1) is 0 Å². The molecule has 3 nitrogen and oxygen atoms in total. The smallest absolute Gasteiger partial charge is 0.221 e. The highest BCUT2D eigenvalue weighted by atomic mass is 32.1. The van der Waals surface area contributed by atoms with Crippen molar-refractivity contribution in [2.45, 2.75) is 33.4 Å². The third kappa shape index (κ3) is 3.92. The van der Waals surface area contributed by atoms with Crippen LogP contribution in [0.2, 0.25) is 0 Å². The van der Waals surface area contributed by atoms with Gasteiger partial charge >= 0.3 is 0 Å². The summed E-state index contributed by atoms with van der Waals surface area (Å²) in [5.41, 5.74) is 4.70. The van der Waals surface area contributed by atoms with E-state index in [0.29, 0.717) is 0 Å². The Labute approximate surface area is 124 Å². The first kappa shape index (κ1) is 14.8. The van der Waals surface area contributed by atoms with Crippen LogP contribution in [0.15, 0.2) is 35.0 Å². The van der Waals surface area contributed by atoms with Gasteiger partial charge < -0.3 is 10.6 Å². The molecule has 1 atom stereocenters. The molecule has 4 heteroatoms. The third-order valence-corrected chi connectivity index (χ3v) is 4.18. The normalized spacial score (nSPS) is 12.2. The van der Waals surface area contributed by atoms with Gasteiger partial charge in [0.05, 0.1) is 0 Å². The number of amides is 1. The molecule has 0 bridgehead atoms. The molecule has 1 aromatic heterocycles. The number of aryl methyl sites for hydroxylation is 1. The van der Waals surface area contributed by atoms with E-state index in [2.05, 4.69) is 41.3 Å². The minimum absolute atomic E-state index is 0.0448. The quantitative estimate of drug-likeness (QED) is 0.877. The van der Waals surface area contributed by atoms with Crippen LogP contribution in [-0.2, 0) is 11.3 Å². The second-order valence-electron chi connectivity index (χ2n) is 4.99. The van der Waals surface area contributed by atoms with Crippen LogP contribution < -0.4 is 10.6 Å². The Balaban J connectivity index is 2.00. The van der Waals surface area contributed by atoms with Crippen LogP contribution in [0.4, 0.5) is 5.69 Å². The lowest BCUT2D eigenvalue weighted by atomic mass is 10.1. The number of carbonyl (C=O) groups excluding carboxylic acids is 1. The van der Waals surface area contributed by atoms with Gasteiger partial charge in [0, 0.05) is 25.2 Å². The lowest BCUT2D eigenvalue weighted by molar-refractivity contribution is -0.114. The Morgan fingerprint density at radius 2 is 2.15 bits per heavy atom. The average Bonchev–Trinajstić information content (AvgIpc) is 2.81. The largest absolute Gasteiger partial charge is 0.326 e. The Kier molecular flexibility index (Phi) is 4.93. The number of hydrogen-bond acceptors (Lipinski definition) is 3. The van der Waals surface area contributed by atoms with Gasteiger partial charge in [-0.25, -0.2) is 0 Å². The van der Waals surface area contributed by atoms with Crippen LogP contribution in [0.5, 0.6) is 0 Å². The summed E-state index contributed by atoms with van der Waals surface area (Å²) in [4.78, 5) is 11.1. The van der Waals surface area contributed by atoms with Crippen molar-refractivity contribution < 1.29 is 4.79 Å². The number of nitrogens with one attached hydrogen (secondary N) is 2. The maximum absolute atomic E-state index is 11.1. The van der Waals surface area contributed by atoms with Crippen molar-refractivity contribution in [2.24, 2.45) is 0 Å². The highest BCUT2D eigenvalue weighted by molar-refractivity contribution is 7.08. The summed E-state index contributed by atoms with van der Waals surface area (Å²) in [6, 6.07) is 8.20. The van der Waals surface area contributed by atoms with Gasteiger partial charge in [0.15, 0.2) is 0 Å². The van der Waals surface area contributed by atoms with Gasteiger partial charge in [0.2, 0.25) is 5.91 Å². The van der Waals surface area contributed by atoms with E-state index in [1.165, 1.54) is 23.6 Å². The van der Waals surface area contributed by atoms with Crippen LogP contribution in [0.3, 0.4) is 0 Å². The minimum atomic E-state index is -0.0448. The van der Waals surface area contributed by atoms with E-state index in [9.17, 15) is 4.79 Å². The molecule has 2 aromatic rings. The molecule has 0 fully saturated rings. The molecular weight excluding hydrogens is 268 g/mol. The maximum atomic E-state index is 11.1. The summed E-state index contributed by atoms with van der Waals surface area (Å²) in [5.74, 6) is -0.0448. The molecule has 1 unspecified atom stereocenters. The number of anilines is 1. The molecule has 1 amide bonds. The van der Waals surface area contributed by atoms with E-state index < -0.39 is 0 Å². The number of thiophene rings is 1. The van der Waals surface area contributed by atoms with Crippen molar-refractivity contribution in [3.8, 4) is 0 Å². The number of benzene rings is 1. The molecule has 1 aromatic carbocycles. The summed E-state index contributed by atoms with van der Waals surface area (Å²) in [6.07, 6.45) is 0. The Morgan fingerprint density at radius 3 is 2.80 bits per heavy atom. The fourth-order valence-electron chi connectivity index (χ4n) is 2.04. The molecule has 1 heterocycles. The van der Waals surface area contributed by atoms with Gasteiger partial charge in [-0.1, -0.05) is 12.1 Å². The molecule has 0 aliphatic heterocycles. The maximum Gasteiger partial charge on any atom is 0.221 e. The van der Waals surface area contributed by atoms with E-state index in [1.807, 2.05) is 18.2 Å². The van der Waals surface area contributed by atoms with E-state index in [4.69, 9.17) is 0 Å². The van der Waals surface area contributed by atoms with Crippen molar-refractivity contribution in [1.82, 2.24) is 5.32 Å². The second kappa shape index (κ2) is 6.68. The fourth-order valence-corrected chi connectivity index (χ4v) is 2.89. The first-order valence-electron chi connectivity index (χ1n) is 6.69. The average molecular weight is 288 g/mol. The molecule has 2 N–H and O–H groups in total. The van der Waals surface area contributed by atoms with Gasteiger partial charge in [-0.05, 0) is 53.4 Å². The van der Waals surface area contributed by atoms with Crippen LogP contribution in [0, 0.1) is 6.92 Å². The topological polar surface area (TPSA) is 41.1 Å². The standard InChI is InChI=1S/C16H20N2OS/c1-11-9-20-10-15(11)8-17-12(2)14-5-4-6-16(7-14)18-13(3)19/h4-7,9-10,12,17H,8H2,1-3H3,(H,18,19). The zero-order valence-corrected chi connectivity index (χ0v) is 12.9. The Bertz CT molecular complexity index is 592. The summed E-state index contributed by atoms with van der Waals surface area (Å²) < 4.78 is 0. The lowest BCUT2D eigenvalue weighted by Crippen LogP contribution is -2.18. The van der Waals surface area contributed by atoms with Crippen LogP contribution in [-0.4, -0.2) is 5.91 Å². The summed E-state index contributed by atoms with van der Waals surface area (Å²) in [6.45, 7) is 6.65. The van der Waals surface area contributed by atoms with Crippen molar-refractivity contribution >= 4 is 22.9 Å². The van der Waals surface area contributed by atoms with E-state index in [1.54, 1.807) is 11.3 Å². The number of rotatable bonds is 5. The SMILES string of the molecule is CC(=O)Nc1cccc(C(C)NCc2cscc2C)c1. The van der Waals surface area contributed by atoms with Crippen molar-refractivity contribution in [3.63, 3.8) is 0 Å². The fraction of sp³-hybridized carbons (Fsp3) is 0.312. The van der Waals surface area contributed by atoms with Gasteiger partial charge in [0.1, 0.15) is 0 Å². The highest BCUT2D eigenvalue weighted by Crippen LogP contribution is 2.19. The zero-order chi connectivity index (χ0) is 14.5. The summed E-state index contributed by atoms with van der Waals surface area (Å²) in [7, 11) is 0.